The number of fused-ring (bicyclic) bond motifs is 2. The van der Waals surface area contributed by atoms with E-state index in [2.05, 4.69) is 58.6 Å². The molecule has 1 atom stereocenters. The molecule has 0 radical (unpaired) electrons. The summed E-state index contributed by atoms with van der Waals surface area (Å²) in [5, 5.41) is 5.12. The van der Waals surface area contributed by atoms with Gasteiger partial charge in [-0.05, 0) is 23.8 Å². The predicted molar refractivity (Wildman–Crippen MR) is 113 cm³/mol. The van der Waals surface area contributed by atoms with E-state index in [-0.39, 0.29) is 11.6 Å². The van der Waals surface area contributed by atoms with Crippen LogP contribution in [0.5, 0.6) is 11.5 Å². The molecule has 6 heteroatoms. The number of rotatable bonds is 6. The third-order valence-electron chi connectivity index (χ3n) is 5.24. The number of ether oxygens (including phenoxy) is 2. The number of benzene rings is 3. The zero-order chi connectivity index (χ0) is 20.4. The van der Waals surface area contributed by atoms with Gasteiger partial charge < -0.3 is 19.8 Å². The fraction of sp³-hybridized carbons (Fsp3) is 0.217. The summed E-state index contributed by atoms with van der Waals surface area (Å²) in [5.74, 6) is 1.69. The lowest BCUT2D eigenvalue weighted by Crippen LogP contribution is -2.83. The number of nitrogens with two attached hydrogens (primary N) is 1. The molecule has 6 nitrogen and oxygen atoms in total. The van der Waals surface area contributed by atoms with Crippen molar-refractivity contribution in [3.05, 3.63) is 76.3 Å². The smallest absolute Gasteiger partial charge is 0.259 e. The average molecular weight is 390 g/mol. The summed E-state index contributed by atoms with van der Waals surface area (Å²) < 4.78 is 10.6. The van der Waals surface area contributed by atoms with Gasteiger partial charge in [-0.1, -0.05) is 42.5 Å². The molecule has 4 aromatic rings. The highest BCUT2D eigenvalue weighted by Gasteiger charge is 2.15. The number of quaternary nitrogens is 1. The largest absolute Gasteiger partial charge is 0.493 e. The molecule has 3 N–H and O–H groups in total. The lowest BCUT2D eigenvalue weighted by Gasteiger charge is -2.14. The lowest BCUT2D eigenvalue weighted by molar-refractivity contribution is -0.708. The number of hydrogen-bond acceptors (Lipinski definition) is 4. The fourth-order valence-corrected chi connectivity index (χ4v) is 3.67. The maximum absolute atomic E-state index is 12.6. The molecule has 29 heavy (non-hydrogen) atoms. The molecule has 0 fully saturated rings. The molecule has 0 saturated carbocycles. The summed E-state index contributed by atoms with van der Waals surface area (Å²) >= 11 is 0. The normalized spacial score (nSPS) is 12.2. The maximum atomic E-state index is 12.6. The van der Waals surface area contributed by atoms with Crippen molar-refractivity contribution in [2.24, 2.45) is 0 Å². The van der Waals surface area contributed by atoms with Crippen molar-refractivity contribution in [2.75, 3.05) is 14.2 Å². The SMILES string of the molecule is COc1cc2nc(C[NH2+][C@@H](C)c3cccc4ccccc34)[nH]c(=O)c2cc1OC. The van der Waals surface area contributed by atoms with Crippen molar-refractivity contribution >= 4 is 21.7 Å². The van der Waals surface area contributed by atoms with Crippen LogP contribution in [0, 0.1) is 0 Å². The van der Waals surface area contributed by atoms with Gasteiger partial charge in [-0.2, -0.15) is 0 Å². The first-order valence-corrected chi connectivity index (χ1v) is 9.56. The van der Waals surface area contributed by atoms with E-state index in [1.165, 1.54) is 16.3 Å². The molecule has 0 saturated heterocycles. The van der Waals surface area contributed by atoms with Gasteiger partial charge in [-0.25, -0.2) is 4.98 Å². The lowest BCUT2D eigenvalue weighted by atomic mass is 10.00. The molecule has 0 amide bonds. The number of H-pyrrole nitrogens is 1. The van der Waals surface area contributed by atoms with E-state index in [1.807, 2.05) is 6.07 Å². The van der Waals surface area contributed by atoms with Crippen LogP contribution in [0.15, 0.2) is 59.4 Å². The summed E-state index contributed by atoms with van der Waals surface area (Å²) in [6.45, 7) is 2.72. The van der Waals surface area contributed by atoms with Crippen molar-refractivity contribution in [1.82, 2.24) is 9.97 Å². The molecule has 0 unspecified atom stereocenters. The van der Waals surface area contributed by atoms with Gasteiger partial charge >= 0.3 is 0 Å². The molecular formula is C23H24N3O3+. The van der Waals surface area contributed by atoms with Gasteiger partial charge in [-0.15, -0.1) is 0 Å². The number of hydrogen-bond donors (Lipinski definition) is 2. The second-order valence-corrected chi connectivity index (χ2v) is 7.03. The van der Waals surface area contributed by atoms with Crippen LogP contribution in [0.25, 0.3) is 21.7 Å². The molecule has 0 aliphatic heterocycles. The first-order chi connectivity index (χ1) is 14.1. The topological polar surface area (TPSA) is 80.8 Å². The molecule has 148 valence electrons. The van der Waals surface area contributed by atoms with Gasteiger partial charge in [0.1, 0.15) is 12.6 Å². The minimum Gasteiger partial charge on any atom is -0.493 e. The van der Waals surface area contributed by atoms with Gasteiger partial charge in [0.05, 0.1) is 25.1 Å². The zero-order valence-corrected chi connectivity index (χ0v) is 16.7. The monoisotopic (exact) mass is 390 g/mol. The summed E-state index contributed by atoms with van der Waals surface area (Å²) in [6.07, 6.45) is 0. The van der Waals surface area contributed by atoms with Gasteiger partial charge in [0, 0.05) is 11.6 Å². The second-order valence-electron chi connectivity index (χ2n) is 7.03. The van der Waals surface area contributed by atoms with Crippen molar-refractivity contribution in [2.45, 2.75) is 19.5 Å². The van der Waals surface area contributed by atoms with E-state index in [0.717, 1.165) is 0 Å². The third kappa shape index (κ3) is 3.67. The van der Waals surface area contributed by atoms with Crippen LogP contribution in [-0.4, -0.2) is 24.2 Å². The Morgan fingerprint density at radius 3 is 2.52 bits per heavy atom. The number of methoxy groups -OCH3 is 2. The molecule has 0 aliphatic carbocycles. The number of nitrogens with one attached hydrogen (secondary N) is 1. The molecule has 1 aromatic heterocycles. The van der Waals surface area contributed by atoms with Crippen LogP contribution in [0.1, 0.15) is 24.4 Å². The van der Waals surface area contributed by atoms with Crippen molar-refractivity contribution in [1.29, 1.82) is 0 Å². The summed E-state index contributed by atoms with van der Waals surface area (Å²) in [5.41, 5.74) is 1.67. The highest BCUT2D eigenvalue weighted by atomic mass is 16.5. The van der Waals surface area contributed by atoms with E-state index < -0.39 is 0 Å². The van der Waals surface area contributed by atoms with Gasteiger partial charge in [0.15, 0.2) is 17.3 Å². The average Bonchev–Trinajstić information content (AvgIpc) is 2.76. The van der Waals surface area contributed by atoms with E-state index >= 15 is 0 Å². The zero-order valence-electron chi connectivity index (χ0n) is 16.7. The Balaban J connectivity index is 1.61. The molecule has 0 bridgehead atoms. The van der Waals surface area contributed by atoms with Gasteiger partial charge in [-0.3, -0.25) is 4.79 Å². The summed E-state index contributed by atoms with van der Waals surface area (Å²) in [6, 6.07) is 18.3. The number of aromatic amines is 1. The molecule has 3 aromatic carbocycles. The summed E-state index contributed by atoms with van der Waals surface area (Å²) in [7, 11) is 3.11. The molecule has 0 spiro atoms. The second kappa shape index (κ2) is 7.93. The quantitative estimate of drug-likeness (QED) is 0.530. The predicted octanol–water partition coefficient (Wildman–Crippen LogP) is 2.92. The fourth-order valence-electron chi connectivity index (χ4n) is 3.67. The van der Waals surface area contributed by atoms with E-state index in [9.17, 15) is 4.79 Å². The Kier molecular flexibility index (Phi) is 5.18. The van der Waals surface area contributed by atoms with Crippen LogP contribution in [-0.2, 0) is 6.54 Å². The Morgan fingerprint density at radius 2 is 1.72 bits per heavy atom. The Labute approximate surface area is 168 Å². The standard InChI is InChI=1S/C23H23N3O3/c1-14(16-10-6-8-15-7-4-5-9-17(15)16)24-13-22-25-19-12-21(29-3)20(28-2)11-18(19)23(27)26-22/h4-12,14,24H,13H2,1-3H3,(H,25,26,27)/p+1/t14-/m0/s1. The first-order valence-electron chi connectivity index (χ1n) is 9.56. The van der Waals surface area contributed by atoms with Crippen molar-refractivity contribution in [3.8, 4) is 11.5 Å². The van der Waals surface area contributed by atoms with E-state index in [4.69, 9.17) is 9.47 Å². The summed E-state index contributed by atoms with van der Waals surface area (Å²) in [4.78, 5) is 20.1. The van der Waals surface area contributed by atoms with E-state index in [0.29, 0.717) is 34.8 Å². The minimum absolute atomic E-state index is 0.183. The first kappa shape index (κ1) is 19.0. The number of nitrogens with zero attached hydrogens (tertiary/aromatic N) is 1. The highest BCUT2D eigenvalue weighted by molar-refractivity contribution is 5.86. The maximum Gasteiger partial charge on any atom is 0.259 e. The van der Waals surface area contributed by atoms with Crippen LogP contribution in [0.3, 0.4) is 0 Å². The van der Waals surface area contributed by atoms with Crippen molar-refractivity contribution < 1.29 is 14.8 Å². The van der Waals surface area contributed by atoms with Crippen LogP contribution >= 0.6 is 0 Å². The third-order valence-corrected chi connectivity index (χ3v) is 5.24. The van der Waals surface area contributed by atoms with Crippen LogP contribution in [0.2, 0.25) is 0 Å². The minimum atomic E-state index is -0.183. The Bertz CT molecular complexity index is 1230. The van der Waals surface area contributed by atoms with Gasteiger partial charge in [0.2, 0.25) is 0 Å². The molecule has 4 rings (SSSR count). The van der Waals surface area contributed by atoms with E-state index in [1.54, 1.807) is 26.4 Å². The molecular weight excluding hydrogens is 366 g/mol. The van der Waals surface area contributed by atoms with Gasteiger partial charge in [0.25, 0.3) is 5.56 Å². The highest BCUT2D eigenvalue weighted by Crippen LogP contribution is 2.29. The van der Waals surface area contributed by atoms with Crippen molar-refractivity contribution in [3.63, 3.8) is 0 Å². The molecule has 1 heterocycles. The Morgan fingerprint density at radius 1 is 1.00 bits per heavy atom. The van der Waals surface area contributed by atoms with Crippen LogP contribution in [0.4, 0.5) is 0 Å². The molecule has 0 aliphatic rings. The Hall–Kier alpha value is -3.38. The van der Waals surface area contributed by atoms with Crippen LogP contribution < -0.4 is 20.3 Å². The number of aromatic nitrogens is 2.